The maximum Gasteiger partial charge on any atom is 0.284 e. The average molecular weight is 311 g/mol. The quantitative estimate of drug-likeness (QED) is 0.580. The first-order valence-electron chi connectivity index (χ1n) is 7.03. The highest BCUT2D eigenvalue weighted by molar-refractivity contribution is 7.12. The zero-order valence-electron chi connectivity index (χ0n) is 12.3. The Labute approximate surface area is 128 Å². The molecule has 1 aliphatic rings. The number of amides is 2. The van der Waals surface area contributed by atoms with E-state index in [1.807, 2.05) is 12.3 Å². The molecule has 1 aliphatic heterocycles. The van der Waals surface area contributed by atoms with Gasteiger partial charge in [-0.25, -0.2) is 5.48 Å². The Morgan fingerprint density at radius 1 is 1.43 bits per heavy atom. The zero-order chi connectivity index (χ0) is 15.4. The van der Waals surface area contributed by atoms with Crippen LogP contribution in [-0.4, -0.2) is 42.1 Å². The Kier molecular flexibility index (Phi) is 5.33. The van der Waals surface area contributed by atoms with E-state index < -0.39 is 5.91 Å². The average Bonchev–Trinajstić information content (AvgIpc) is 2.97. The van der Waals surface area contributed by atoms with Crippen molar-refractivity contribution in [3.8, 4) is 0 Å². The second-order valence-electron chi connectivity index (χ2n) is 5.49. The third-order valence-electron chi connectivity index (χ3n) is 3.89. The van der Waals surface area contributed by atoms with Gasteiger partial charge >= 0.3 is 0 Å². The molecule has 0 saturated carbocycles. The maximum absolute atomic E-state index is 12.2. The molecule has 21 heavy (non-hydrogen) atoms. The lowest BCUT2D eigenvalue weighted by molar-refractivity contribution is -0.127. The Morgan fingerprint density at radius 2 is 2.10 bits per heavy atom. The van der Waals surface area contributed by atoms with Gasteiger partial charge in [0.2, 0.25) is 5.91 Å². The van der Waals surface area contributed by atoms with Crippen LogP contribution in [0.2, 0.25) is 0 Å². The first-order valence-corrected chi connectivity index (χ1v) is 7.91. The van der Waals surface area contributed by atoms with E-state index in [1.165, 1.54) is 11.3 Å². The fraction of sp³-hybridized carbons (Fsp3) is 0.571. The van der Waals surface area contributed by atoms with E-state index in [2.05, 4.69) is 17.3 Å². The molecule has 7 heteroatoms. The van der Waals surface area contributed by atoms with E-state index in [-0.39, 0.29) is 17.9 Å². The summed E-state index contributed by atoms with van der Waals surface area (Å²) >= 11 is 1.24. The van der Waals surface area contributed by atoms with Gasteiger partial charge in [0.25, 0.3) is 5.91 Å². The lowest BCUT2D eigenvalue weighted by atomic mass is 9.95. The van der Waals surface area contributed by atoms with Crippen LogP contribution < -0.4 is 10.8 Å². The van der Waals surface area contributed by atoms with E-state index in [0.717, 1.165) is 31.5 Å². The molecule has 0 aromatic carbocycles. The van der Waals surface area contributed by atoms with E-state index in [4.69, 9.17) is 5.21 Å². The number of hydrogen-bond donors (Lipinski definition) is 3. The Hall–Kier alpha value is -1.44. The van der Waals surface area contributed by atoms with Gasteiger partial charge in [0.15, 0.2) is 0 Å². The van der Waals surface area contributed by atoms with E-state index in [0.29, 0.717) is 4.88 Å². The summed E-state index contributed by atoms with van der Waals surface area (Å²) in [6.07, 6.45) is 1.77. The Morgan fingerprint density at radius 3 is 2.71 bits per heavy atom. The maximum atomic E-state index is 12.2. The second kappa shape index (κ2) is 7.02. The topological polar surface area (TPSA) is 81.7 Å². The molecule has 2 amide bonds. The molecule has 0 bridgehead atoms. The molecular formula is C14H21N3O3S. The number of nitrogens with zero attached hydrogens (tertiary/aromatic N) is 1. The molecule has 1 atom stereocenters. The van der Waals surface area contributed by atoms with Gasteiger partial charge in [0, 0.05) is 5.92 Å². The van der Waals surface area contributed by atoms with Crippen LogP contribution in [-0.2, 0) is 4.79 Å². The van der Waals surface area contributed by atoms with Gasteiger partial charge in [-0.05, 0) is 56.9 Å². The van der Waals surface area contributed by atoms with Gasteiger partial charge in [-0.1, -0.05) is 0 Å². The van der Waals surface area contributed by atoms with Crippen molar-refractivity contribution in [2.75, 3.05) is 20.1 Å². The summed E-state index contributed by atoms with van der Waals surface area (Å²) in [5.74, 6) is -0.377. The molecule has 116 valence electrons. The molecule has 6 nitrogen and oxygen atoms in total. The van der Waals surface area contributed by atoms with Crippen LogP contribution in [0.15, 0.2) is 11.4 Å². The van der Waals surface area contributed by atoms with Crippen LogP contribution in [0.25, 0.3) is 0 Å². The monoisotopic (exact) mass is 311 g/mol. The number of likely N-dealkylation sites (tertiary alicyclic amines) is 1. The highest BCUT2D eigenvalue weighted by atomic mass is 32.1. The van der Waals surface area contributed by atoms with Crippen LogP contribution in [0.3, 0.4) is 0 Å². The fourth-order valence-electron chi connectivity index (χ4n) is 2.44. The number of nitrogens with one attached hydrogen (secondary N) is 2. The molecular weight excluding hydrogens is 290 g/mol. The summed E-state index contributed by atoms with van der Waals surface area (Å²) in [7, 11) is 2.07. The van der Waals surface area contributed by atoms with Crippen molar-refractivity contribution in [3.05, 3.63) is 21.9 Å². The molecule has 1 saturated heterocycles. The lowest BCUT2D eigenvalue weighted by Gasteiger charge is -2.28. The Bertz CT molecular complexity index is 509. The van der Waals surface area contributed by atoms with Gasteiger partial charge < -0.3 is 10.2 Å². The molecule has 0 aliphatic carbocycles. The SMILES string of the molecule is CC(NC(=O)C1CCN(C)CC1)c1csc(C(=O)NO)c1. The molecule has 0 radical (unpaired) electrons. The van der Waals surface area contributed by atoms with Crippen LogP contribution in [0.4, 0.5) is 0 Å². The van der Waals surface area contributed by atoms with Gasteiger partial charge in [-0.3, -0.25) is 14.8 Å². The van der Waals surface area contributed by atoms with Gasteiger partial charge in [-0.15, -0.1) is 11.3 Å². The molecule has 1 aromatic rings. The molecule has 1 unspecified atom stereocenters. The van der Waals surface area contributed by atoms with Crippen LogP contribution in [0, 0.1) is 5.92 Å². The summed E-state index contributed by atoms with van der Waals surface area (Å²) in [5.41, 5.74) is 2.48. The smallest absolute Gasteiger partial charge is 0.284 e. The summed E-state index contributed by atoms with van der Waals surface area (Å²) in [6.45, 7) is 3.80. The molecule has 0 spiro atoms. The number of carbonyl (C=O) groups excluding carboxylic acids is 2. The van der Waals surface area contributed by atoms with E-state index >= 15 is 0 Å². The first kappa shape index (κ1) is 15.9. The number of carbonyl (C=O) groups is 2. The number of piperidine rings is 1. The van der Waals surface area contributed by atoms with Crippen molar-refractivity contribution in [1.82, 2.24) is 15.7 Å². The van der Waals surface area contributed by atoms with Gasteiger partial charge in [0.1, 0.15) is 0 Å². The summed E-state index contributed by atoms with van der Waals surface area (Å²) in [4.78, 5) is 26.2. The molecule has 3 N–H and O–H groups in total. The molecule has 1 fully saturated rings. The third kappa shape index (κ3) is 4.03. The first-order chi connectivity index (χ1) is 10.0. The normalized spacial score (nSPS) is 18.2. The number of hydroxylamine groups is 1. The molecule has 2 heterocycles. The highest BCUT2D eigenvalue weighted by Crippen LogP contribution is 2.22. The molecule has 1 aromatic heterocycles. The van der Waals surface area contributed by atoms with Gasteiger partial charge in [-0.2, -0.15) is 0 Å². The van der Waals surface area contributed by atoms with Crippen LogP contribution in [0.5, 0.6) is 0 Å². The highest BCUT2D eigenvalue weighted by Gasteiger charge is 2.24. The van der Waals surface area contributed by atoms with Crippen molar-refractivity contribution in [2.24, 2.45) is 5.92 Å². The number of hydrogen-bond acceptors (Lipinski definition) is 5. The van der Waals surface area contributed by atoms with E-state index in [9.17, 15) is 9.59 Å². The lowest BCUT2D eigenvalue weighted by Crippen LogP contribution is -2.39. The van der Waals surface area contributed by atoms with Crippen molar-refractivity contribution >= 4 is 23.2 Å². The second-order valence-corrected chi connectivity index (χ2v) is 6.40. The predicted molar refractivity (Wildman–Crippen MR) is 80.4 cm³/mol. The standard InChI is InChI=1S/C14H21N3O3S/c1-9(11-7-12(21-8-11)14(19)16-20)15-13(18)10-3-5-17(2)6-4-10/h7-10,20H,3-6H2,1-2H3,(H,15,18)(H,16,19). The van der Waals surface area contributed by atoms with Crippen molar-refractivity contribution in [3.63, 3.8) is 0 Å². The number of thiophene rings is 1. The summed E-state index contributed by atoms with van der Waals surface area (Å²) in [5, 5.41) is 13.4. The van der Waals surface area contributed by atoms with Crippen LogP contribution >= 0.6 is 11.3 Å². The fourth-order valence-corrected chi connectivity index (χ4v) is 3.33. The van der Waals surface area contributed by atoms with Crippen molar-refractivity contribution < 1.29 is 14.8 Å². The third-order valence-corrected chi connectivity index (χ3v) is 4.84. The van der Waals surface area contributed by atoms with Crippen molar-refractivity contribution in [2.45, 2.75) is 25.8 Å². The largest absolute Gasteiger partial charge is 0.349 e. The van der Waals surface area contributed by atoms with Crippen LogP contribution in [0.1, 0.15) is 41.0 Å². The minimum absolute atomic E-state index is 0.0718. The summed E-state index contributed by atoms with van der Waals surface area (Å²) in [6, 6.07) is 1.55. The van der Waals surface area contributed by atoms with E-state index in [1.54, 1.807) is 11.5 Å². The molecule has 2 rings (SSSR count). The minimum atomic E-state index is -0.528. The van der Waals surface area contributed by atoms with Crippen molar-refractivity contribution in [1.29, 1.82) is 0 Å². The zero-order valence-corrected chi connectivity index (χ0v) is 13.1. The number of rotatable bonds is 4. The Balaban J connectivity index is 1.91. The van der Waals surface area contributed by atoms with Gasteiger partial charge in [0.05, 0.1) is 10.9 Å². The summed E-state index contributed by atoms with van der Waals surface area (Å²) < 4.78 is 0. The predicted octanol–water partition coefficient (Wildman–Crippen LogP) is 1.39. The minimum Gasteiger partial charge on any atom is -0.349 e.